The number of benzene rings is 1. The standard InChI is InChI=1S/C20H29O5PS/c1-27(2,3)11-10-24-18(22)16-15-17(21)20(23,14-8-9-19(14,15)16)12-4-6-13(25-26)7-5-12/h4-7,14-17,21,23H,8-11,26H2,1-3H3. The minimum atomic E-state index is -1.30. The van der Waals surface area contributed by atoms with E-state index in [-0.39, 0.29) is 29.1 Å². The van der Waals surface area contributed by atoms with Crippen LogP contribution in [0.4, 0.5) is 0 Å². The summed E-state index contributed by atoms with van der Waals surface area (Å²) < 4.78 is 10.7. The van der Waals surface area contributed by atoms with Gasteiger partial charge < -0.3 is 19.5 Å². The Bertz CT molecular complexity index is 748. The molecular formula is C20H29O5PS. The van der Waals surface area contributed by atoms with E-state index in [4.69, 9.17) is 9.26 Å². The van der Waals surface area contributed by atoms with E-state index in [1.807, 2.05) is 0 Å². The fourth-order valence-electron chi connectivity index (χ4n) is 5.49. The molecular weight excluding hydrogens is 383 g/mol. The molecule has 7 unspecified atom stereocenters. The summed E-state index contributed by atoms with van der Waals surface area (Å²) in [6.07, 6.45) is 7.35. The van der Waals surface area contributed by atoms with Crippen LogP contribution in [0.2, 0.25) is 0 Å². The topological polar surface area (TPSA) is 76.0 Å². The first-order valence-electron chi connectivity index (χ1n) is 9.36. The SMILES string of the molecule is CS(C)(C)CCOC(=O)C1C2C(O)C(O)(c3ccc(OP)cc3)C3CCC123. The van der Waals surface area contributed by atoms with E-state index in [0.29, 0.717) is 17.9 Å². The molecule has 5 nitrogen and oxygen atoms in total. The number of esters is 1. The summed E-state index contributed by atoms with van der Waals surface area (Å²) in [4.78, 5) is 12.6. The molecule has 7 atom stereocenters. The zero-order valence-corrected chi connectivity index (χ0v) is 18.0. The molecule has 1 aromatic carbocycles. The summed E-state index contributed by atoms with van der Waals surface area (Å²) >= 11 is 0. The van der Waals surface area contributed by atoms with Crippen molar-refractivity contribution in [3.63, 3.8) is 0 Å². The molecule has 0 radical (unpaired) electrons. The van der Waals surface area contributed by atoms with E-state index < -0.39 is 21.7 Å². The molecule has 2 N–H and O–H groups in total. The normalized spacial score (nSPS) is 39.8. The van der Waals surface area contributed by atoms with Gasteiger partial charge in [-0.25, -0.2) is 10.0 Å². The van der Waals surface area contributed by atoms with Crippen molar-refractivity contribution in [3.05, 3.63) is 29.8 Å². The largest absolute Gasteiger partial charge is 0.480 e. The van der Waals surface area contributed by atoms with Gasteiger partial charge in [0.1, 0.15) is 11.4 Å². The molecule has 3 aliphatic carbocycles. The molecule has 0 heterocycles. The van der Waals surface area contributed by atoms with Crippen LogP contribution in [0.1, 0.15) is 18.4 Å². The molecule has 27 heavy (non-hydrogen) atoms. The molecule has 0 bridgehead atoms. The lowest BCUT2D eigenvalue weighted by atomic mass is 9.62. The Labute approximate surface area is 164 Å². The molecule has 0 aromatic heterocycles. The van der Waals surface area contributed by atoms with Gasteiger partial charge in [0.25, 0.3) is 0 Å². The molecule has 3 aliphatic rings. The lowest BCUT2D eigenvalue weighted by molar-refractivity contribution is -0.161. The predicted molar refractivity (Wildman–Crippen MR) is 110 cm³/mol. The first-order valence-corrected chi connectivity index (χ1v) is 12.9. The van der Waals surface area contributed by atoms with Crippen molar-refractivity contribution in [2.75, 3.05) is 31.1 Å². The molecule has 7 heteroatoms. The highest BCUT2D eigenvalue weighted by Crippen LogP contribution is 2.83. The first kappa shape index (κ1) is 19.5. The zero-order chi connectivity index (χ0) is 19.6. The molecule has 0 aliphatic heterocycles. The van der Waals surface area contributed by atoms with Crippen LogP contribution in [0.5, 0.6) is 5.75 Å². The Morgan fingerprint density at radius 1 is 1.30 bits per heavy atom. The Morgan fingerprint density at radius 2 is 1.96 bits per heavy atom. The summed E-state index contributed by atoms with van der Waals surface area (Å²) in [5.74, 6) is 0.809. The summed E-state index contributed by atoms with van der Waals surface area (Å²) in [6.45, 7) is 0.443. The minimum absolute atomic E-state index is 0.0986. The van der Waals surface area contributed by atoms with Crippen molar-refractivity contribution in [1.29, 1.82) is 0 Å². The zero-order valence-electron chi connectivity index (χ0n) is 16.1. The highest BCUT2D eigenvalue weighted by molar-refractivity contribution is 8.32. The number of carbonyl (C=O) groups excluding carboxylic acids is 1. The molecule has 0 amide bonds. The quantitative estimate of drug-likeness (QED) is 0.554. The van der Waals surface area contributed by atoms with Gasteiger partial charge in [-0.2, -0.15) is 0 Å². The van der Waals surface area contributed by atoms with Crippen molar-refractivity contribution < 1.29 is 24.3 Å². The smallest absolute Gasteiger partial charge is 0.309 e. The number of carbonyl (C=O) groups is 1. The second-order valence-corrected chi connectivity index (χ2v) is 13.9. The van der Waals surface area contributed by atoms with Crippen molar-refractivity contribution in [2.45, 2.75) is 24.5 Å². The van der Waals surface area contributed by atoms with Gasteiger partial charge in [-0.3, -0.25) is 4.79 Å². The lowest BCUT2D eigenvalue weighted by Gasteiger charge is -2.46. The van der Waals surface area contributed by atoms with Crippen molar-refractivity contribution in [1.82, 2.24) is 0 Å². The van der Waals surface area contributed by atoms with Gasteiger partial charge in [-0.15, -0.1) is 0 Å². The van der Waals surface area contributed by atoms with Crippen molar-refractivity contribution in [2.24, 2.45) is 23.2 Å². The molecule has 150 valence electrons. The van der Waals surface area contributed by atoms with E-state index in [2.05, 4.69) is 28.2 Å². The molecule has 3 saturated carbocycles. The maximum atomic E-state index is 12.6. The molecule has 4 rings (SSSR count). The van der Waals surface area contributed by atoms with E-state index in [0.717, 1.165) is 18.6 Å². The molecule has 1 spiro atoms. The van der Waals surface area contributed by atoms with Crippen molar-refractivity contribution >= 4 is 25.5 Å². The molecule has 1 aromatic rings. The van der Waals surface area contributed by atoms with Crippen molar-refractivity contribution in [3.8, 4) is 5.75 Å². The van der Waals surface area contributed by atoms with Crippen LogP contribution >= 0.6 is 19.5 Å². The van der Waals surface area contributed by atoms with Crippen LogP contribution in [0.15, 0.2) is 24.3 Å². The van der Waals surface area contributed by atoms with Gasteiger partial charge in [0.05, 0.1) is 28.1 Å². The van der Waals surface area contributed by atoms with Crippen LogP contribution in [-0.2, 0) is 15.1 Å². The third-order valence-electron chi connectivity index (χ3n) is 6.93. The van der Waals surface area contributed by atoms with Crippen LogP contribution in [0, 0.1) is 23.2 Å². The van der Waals surface area contributed by atoms with E-state index in [1.165, 1.54) is 0 Å². The summed E-state index contributed by atoms with van der Waals surface area (Å²) in [5.41, 5.74) is -0.884. The second kappa shape index (κ2) is 6.35. The number of hydrogen-bond acceptors (Lipinski definition) is 5. The predicted octanol–water partition coefficient (Wildman–Crippen LogP) is 2.30. The van der Waals surface area contributed by atoms with Crippen LogP contribution in [0.3, 0.4) is 0 Å². The fraction of sp³-hybridized carbons (Fsp3) is 0.650. The second-order valence-electron chi connectivity index (χ2n) is 9.08. The van der Waals surface area contributed by atoms with Crippen LogP contribution < -0.4 is 4.52 Å². The van der Waals surface area contributed by atoms with Gasteiger partial charge in [0, 0.05) is 17.6 Å². The Kier molecular flexibility index (Phi) is 4.59. The molecule has 3 fully saturated rings. The minimum Gasteiger partial charge on any atom is -0.480 e. The number of ether oxygens (including phenoxy) is 1. The summed E-state index contributed by atoms with van der Waals surface area (Å²) in [5, 5.41) is 22.4. The van der Waals surface area contributed by atoms with Gasteiger partial charge in [0.15, 0.2) is 0 Å². The van der Waals surface area contributed by atoms with Gasteiger partial charge >= 0.3 is 5.97 Å². The monoisotopic (exact) mass is 412 g/mol. The fourth-order valence-corrected chi connectivity index (χ4v) is 6.23. The van der Waals surface area contributed by atoms with Gasteiger partial charge in [0.2, 0.25) is 0 Å². The average Bonchev–Trinajstić information content (AvgIpc) is 3.28. The number of aliphatic hydroxyl groups excluding tert-OH is 1. The third-order valence-corrected chi connectivity index (χ3v) is 8.60. The number of rotatable bonds is 6. The highest BCUT2D eigenvalue weighted by atomic mass is 32.3. The average molecular weight is 412 g/mol. The summed E-state index contributed by atoms with van der Waals surface area (Å²) in [6, 6.07) is 7.17. The van der Waals surface area contributed by atoms with Crippen LogP contribution in [-0.4, -0.2) is 53.4 Å². The maximum Gasteiger partial charge on any atom is 0.309 e. The maximum absolute atomic E-state index is 12.6. The first-order chi connectivity index (χ1) is 12.7. The Hall–Kier alpha value is -0.810. The number of aliphatic hydroxyl groups is 2. The Morgan fingerprint density at radius 3 is 2.44 bits per heavy atom. The highest BCUT2D eigenvalue weighted by Gasteiger charge is 2.87. The summed E-state index contributed by atoms with van der Waals surface area (Å²) in [7, 11) is 1.49. The van der Waals surface area contributed by atoms with E-state index in [1.54, 1.807) is 24.3 Å². The number of hydrogen-bond donors (Lipinski definition) is 2. The van der Waals surface area contributed by atoms with Gasteiger partial charge in [-0.1, -0.05) is 12.1 Å². The van der Waals surface area contributed by atoms with E-state index >= 15 is 0 Å². The van der Waals surface area contributed by atoms with Crippen LogP contribution in [0.25, 0.3) is 0 Å². The Balaban J connectivity index is 1.49. The lowest BCUT2D eigenvalue weighted by Crippen LogP contribution is -2.50. The van der Waals surface area contributed by atoms with E-state index in [9.17, 15) is 15.0 Å². The third kappa shape index (κ3) is 2.75. The van der Waals surface area contributed by atoms with Gasteiger partial charge in [-0.05, 0) is 54.7 Å². The molecule has 0 saturated heterocycles.